The van der Waals surface area contributed by atoms with Crippen LogP contribution in [0.1, 0.15) is 12.5 Å². The van der Waals surface area contributed by atoms with Gasteiger partial charge in [0.25, 0.3) is 11.8 Å². The van der Waals surface area contributed by atoms with Crippen molar-refractivity contribution in [3.05, 3.63) is 57.0 Å². The number of benzene rings is 2. The molecule has 0 aliphatic heterocycles. The first-order valence-corrected chi connectivity index (χ1v) is 9.33. The minimum Gasteiger partial charge on any atom is -0.483 e. The van der Waals surface area contributed by atoms with E-state index in [4.69, 9.17) is 9.47 Å². The normalized spacial score (nSPS) is 11.4. The fourth-order valence-corrected chi connectivity index (χ4v) is 3.11. The summed E-state index contributed by atoms with van der Waals surface area (Å²) in [5.41, 5.74) is 5.64. The number of rotatable bonds is 6. The number of ether oxygens (including phenoxy) is 2. The number of hydrogen-bond acceptors (Lipinski definition) is 4. The van der Waals surface area contributed by atoms with Gasteiger partial charge in [-0.2, -0.15) is 0 Å². The van der Waals surface area contributed by atoms with Crippen LogP contribution in [0.2, 0.25) is 0 Å². The molecule has 0 fully saturated rings. The van der Waals surface area contributed by atoms with E-state index in [1.54, 1.807) is 31.2 Å². The van der Waals surface area contributed by atoms with Gasteiger partial charge in [0.05, 0.1) is 4.47 Å². The molecule has 138 valence electrons. The Kier molecular flexibility index (Phi) is 7.47. The molecule has 0 saturated heterocycles. The van der Waals surface area contributed by atoms with Crippen LogP contribution < -0.4 is 20.3 Å². The highest BCUT2D eigenvalue weighted by Crippen LogP contribution is 2.28. The summed E-state index contributed by atoms with van der Waals surface area (Å²) in [6.07, 6.45) is -0.765. The summed E-state index contributed by atoms with van der Waals surface area (Å²) >= 11 is 6.68. The van der Waals surface area contributed by atoms with Crippen LogP contribution in [0.3, 0.4) is 0 Å². The highest BCUT2D eigenvalue weighted by Gasteiger charge is 2.15. The number of carbonyl (C=O) groups excluding carboxylic acids is 2. The highest BCUT2D eigenvalue weighted by molar-refractivity contribution is 9.11. The van der Waals surface area contributed by atoms with Gasteiger partial charge in [-0.15, -0.1) is 0 Å². The molecular formula is C18H18Br2N2O4. The highest BCUT2D eigenvalue weighted by atomic mass is 79.9. The molecule has 0 aliphatic carbocycles. The standard InChI is InChI=1S/C18H18Br2N2O4/c1-11-4-3-5-14(8-11)26-12(2)18(24)22-21-17(23)10-25-16-7-6-13(19)9-15(16)20/h3-9,12H,10H2,1-2H3,(H,21,23)(H,22,24). The van der Waals surface area contributed by atoms with Crippen LogP contribution >= 0.6 is 31.9 Å². The molecule has 0 bridgehead atoms. The summed E-state index contributed by atoms with van der Waals surface area (Å²) in [4.78, 5) is 23.8. The zero-order valence-corrected chi connectivity index (χ0v) is 17.4. The number of carbonyl (C=O) groups is 2. The van der Waals surface area contributed by atoms with Gasteiger partial charge in [-0.3, -0.25) is 20.4 Å². The zero-order valence-electron chi connectivity index (χ0n) is 14.2. The third-order valence-corrected chi connectivity index (χ3v) is 4.36. The lowest BCUT2D eigenvalue weighted by Gasteiger charge is -2.15. The number of aryl methyl sites for hydroxylation is 1. The summed E-state index contributed by atoms with van der Waals surface area (Å²) in [6, 6.07) is 12.7. The predicted octanol–water partition coefficient (Wildman–Crippen LogP) is 3.51. The summed E-state index contributed by atoms with van der Waals surface area (Å²) in [5, 5.41) is 0. The number of hydrazine groups is 1. The van der Waals surface area contributed by atoms with E-state index in [1.807, 2.05) is 25.1 Å². The smallest absolute Gasteiger partial charge is 0.279 e. The Bertz CT molecular complexity index is 799. The molecule has 2 rings (SSSR count). The molecule has 0 aliphatic rings. The molecule has 1 atom stereocenters. The molecule has 0 heterocycles. The summed E-state index contributed by atoms with van der Waals surface area (Å²) in [7, 11) is 0. The number of amides is 2. The molecule has 26 heavy (non-hydrogen) atoms. The minimum absolute atomic E-state index is 0.242. The second-order valence-electron chi connectivity index (χ2n) is 5.48. The van der Waals surface area contributed by atoms with E-state index in [-0.39, 0.29) is 6.61 Å². The van der Waals surface area contributed by atoms with E-state index in [0.717, 1.165) is 10.0 Å². The maximum absolute atomic E-state index is 12.0. The number of halogens is 2. The molecule has 0 radical (unpaired) electrons. The van der Waals surface area contributed by atoms with Crippen LogP contribution in [0.5, 0.6) is 11.5 Å². The first-order valence-electron chi connectivity index (χ1n) is 7.75. The average molecular weight is 486 g/mol. The van der Waals surface area contributed by atoms with Crippen LogP contribution in [0.25, 0.3) is 0 Å². The molecule has 2 aromatic rings. The van der Waals surface area contributed by atoms with Gasteiger partial charge in [0.15, 0.2) is 12.7 Å². The molecular weight excluding hydrogens is 468 g/mol. The second kappa shape index (κ2) is 9.59. The molecule has 2 amide bonds. The Morgan fingerprint density at radius 2 is 1.88 bits per heavy atom. The Balaban J connectivity index is 1.76. The molecule has 6 nitrogen and oxygen atoms in total. The first-order chi connectivity index (χ1) is 12.3. The first kappa shape index (κ1) is 20.3. The number of hydrogen-bond donors (Lipinski definition) is 2. The van der Waals surface area contributed by atoms with E-state index in [1.165, 1.54) is 0 Å². The largest absolute Gasteiger partial charge is 0.483 e. The van der Waals surface area contributed by atoms with Crippen LogP contribution in [-0.2, 0) is 9.59 Å². The SMILES string of the molecule is Cc1cccc(OC(C)C(=O)NNC(=O)COc2ccc(Br)cc2Br)c1. The van der Waals surface area contributed by atoms with Crippen molar-refractivity contribution in [1.82, 2.24) is 10.9 Å². The van der Waals surface area contributed by atoms with E-state index in [0.29, 0.717) is 16.0 Å². The van der Waals surface area contributed by atoms with Gasteiger partial charge in [-0.25, -0.2) is 0 Å². The van der Waals surface area contributed by atoms with Gasteiger partial charge in [0.2, 0.25) is 0 Å². The van der Waals surface area contributed by atoms with Crippen LogP contribution in [0.4, 0.5) is 0 Å². The minimum atomic E-state index is -0.765. The third-order valence-electron chi connectivity index (χ3n) is 3.25. The second-order valence-corrected chi connectivity index (χ2v) is 7.25. The van der Waals surface area contributed by atoms with Gasteiger partial charge < -0.3 is 9.47 Å². The lowest BCUT2D eigenvalue weighted by atomic mass is 10.2. The summed E-state index contributed by atoms with van der Waals surface area (Å²) in [6.45, 7) is 3.29. The Morgan fingerprint density at radius 1 is 1.12 bits per heavy atom. The molecule has 0 spiro atoms. The van der Waals surface area contributed by atoms with Crippen LogP contribution in [0, 0.1) is 6.92 Å². The summed E-state index contributed by atoms with van der Waals surface area (Å²) in [5.74, 6) is 0.147. The predicted molar refractivity (Wildman–Crippen MR) is 105 cm³/mol. The number of nitrogens with one attached hydrogen (secondary N) is 2. The fraction of sp³-hybridized carbons (Fsp3) is 0.222. The molecule has 2 N–H and O–H groups in total. The Hall–Kier alpha value is -2.06. The molecule has 8 heteroatoms. The maximum atomic E-state index is 12.0. The monoisotopic (exact) mass is 484 g/mol. The van der Waals surface area contributed by atoms with Gasteiger partial charge in [0, 0.05) is 4.47 Å². The quantitative estimate of drug-likeness (QED) is 0.614. The van der Waals surface area contributed by atoms with Gasteiger partial charge in [-0.05, 0) is 65.7 Å². The zero-order chi connectivity index (χ0) is 19.1. The molecule has 1 unspecified atom stereocenters. The lowest BCUT2D eigenvalue weighted by Crippen LogP contribution is -2.48. The van der Waals surface area contributed by atoms with E-state index in [9.17, 15) is 9.59 Å². The van der Waals surface area contributed by atoms with Crippen molar-refractivity contribution in [2.45, 2.75) is 20.0 Å². The van der Waals surface area contributed by atoms with Gasteiger partial charge in [-0.1, -0.05) is 28.1 Å². The van der Waals surface area contributed by atoms with Crippen molar-refractivity contribution < 1.29 is 19.1 Å². The average Bonchev–Trinajstić information content (AvgIpc) is 2.58. The van der Waals surface area contributed by atoms with Crippen molar-refractivity contribution in [2.75, 3.05) is 6.61 Å². The van der Waals surface area contributed by atoms with Crippen LogP contribution in [-0.4, -0.2) is 24.5 Å². The van der Waals surface area contributed by atoms with E-state index < -0.39 is 17.9 Å². The topological polar surface area (TPSA) is 76.7 Å². The lowest BCUT2D eigenvalue weighted by molar-refractivity contribution is -0.133. The molecule has 2 aromatic carbocycles. The van der Waals surface area contributed by atoms with Crippen LogP contribution in [0.15, 0.2) is 51.4 Å². The maximum Gasteiger partial charge on any atom is 0.279 e. The third kappa shape index (κ3) is 6.34. The van der Waals surface area contributed by atoms with E-state index >= 15 is 0 Å². The Labute approximate surface area is 168 Å². The molecule has 0 saturated carbocycles. The van der Waals surface area contributed by atoms with Gasteiger partial charge in [0.1, 0.15) is 11.5 Å². The molecule has 0 aromatic heterocycles. The summed E-state index contributed by atoms with van der Waals surface area (Å²) < 4.78 is 12.5. The van der Waals surface area contributed by atoms with Crippen molar-refractivity contribution in [3.8, 4) is 11.5 Å². The Morgan fingerprint density at radius 3 is 2.58 bits per heavy atom. The van der Waals surface area contributed by atoms with Crippen molar-refractivity contribution in [1.29, 1.82) is 0 Å². The van der Waals surface area contributed by atoms with Crippen molar-refractivity contribution >= 4 is 43.7 Å². The van der Waals surface area contributed by atoms with Crippen molar-refractivity contribution in [2.24, 2.45) is 0 Å². The fourth-order valence-electron chi connectivity index (χ4n) is 1.95. The van der Waals surface area contributed by atoms with Gasteiger partial charge >= 0.3 is 0 Å². The van der Waals surface area contributed by atoms with Crippen molar-refractivity contribution in [3.63, 3.8) is 0 Å². The van der Waals surface area contributed by atoms with E-state index in [2.05, 4.69) is 42.7 Å².